The van der Waals surface area contributed by atoms with Crippen LogP contribution in [-0.4, -0.2) is 39.9 Å². The topological polar surface area (TPSA) is 82.8 Å². The number of nitrogens with two attached hydrogens (primary N) is 1. The SMILES string of the molecule is COc1ccc(C(C)NC(=O)CC(CN)OC)cc1OC. The number of hydrogen-bond acceptors (Lipinski definition) is 5. The fourth-order valence-corrected chi connectivity index (χ4v) is 1.98. The van der Waals surface area contributed by atoms with Crippen molar-refractivity contribution in [3.63, 3.8) is 0 Å². The van der Waals surface area contributed by atoms with Gasteiger partial charge in [-0.05, 0) is 24.6 Å². The van der Waals surface area contributed by atoms with E-state index in [4.69, 9.17) is 19.9 Å². The molecule has 21 heavy (non-hydrogen) atoms. The number of carbonyl (C=O) groups is 1. The third-order valence-electron chi connectivity index (χ3n) is 3.29. The van der Waals surface area contributed by atoms with Gasteiger partial charge in [0, 0.05) is 13.7 Å². The highest BCUT2D eigenvalue weighted by atomic mass is 16.5. The zero-order chi connectivity index (χ0) is 15.8. The lowest BCUT2D eigenvalue weighted by atomic mass is 10.1. The van der Waals surface area contributed by atoms with E-state index in [1.54, 1.807) is 21.3 Å². The van der Waals surface area contributed by atoms with Crippen LogP contribution in [0.25, 0.3) is 0 Å². The molecule has 0 saturated heterocycles. The molecule has 1 rings (SSSR count). The molecule has 0 bridgehead atoms. The summed E-state index contributed by atoms with van der Waals surface area (Å²) >= 11 is 0. The highest BCUT2D eigenvalue weighted by Gasteiger charge is 2.15. The van der Waals surface area contributed by atoms with Crippen molar-refractivity contribution < 1.29 is 19.0 Å². The minimum absolute atomic E-state index is 0.102. The maximum atomic E-state index is 11.9. The number of methoxy groups -OCH3 is 3. The first-order valence-electron chi connectivity index (χ1n) is 6.79. The van der Waals surface area contributed by atoms with Crippen molar-refractivity contribution in [1.82, 2.24) is 5.32 Å². The summed E-state index contributed by atoms with van der Waals surface area (Å²) in [7, 11) is 4.71. The standard InChI is InChI=1S/C15H24N2O4/c1-10(17-15(18)8-12(9-16)19-2)11-5-6-13(20-3)14(7-11)21-4/h5-7,10,12H,8-9,16H2,1-4H3,(H,17,18). The molecule has 3 N–H and O–H groups in total. The van der Waals surface area contributed by atoms with Gasteiger partial charge in [-0.3, -0.25) is 4.79 Å². The van der Waals surface area contributed by atoms with Crippen molar-refractivity contribution in [1.29, 1.82) is 0 Å². The van der Waals surface area contributed by atoms with Crippen molar-refractivity contribution in [3.8, 4) is 11.5 Å². The van der Waals surface area contributed by atoms with Gasteiger partial charge in [0.05, 0.1) is 32.8 Å². The van der Waals surface area contributed by atoms with Gasteiger partial charge in [0.25, 0.3) is 0 Å². The number of carbonyl (C=O) groups excluding carboxylic acids is 1. The Balaban J connectivity index is 2.71. The monoisotopic (exact) mass is 296 g/mol. The van der Waals surface area contributed by atoms with E-state index in [-0.39, 0.29) is 24.5 Å². The lowest BCUT2D eigenvalue weighted by molar-refractivity contribution is -0.124. The molecular formula is C15H24N2O4. The summed E-state index contributed by atoms with van der Waals surface area (Å²) in [6.07, 6.45) is -0.0208. The Morgan fingerprint density at radius 2 is 1.90 bits per heavy atom. The second-order valence-electron chi connectivity index (χ2n) is 4.70. The number of rotatable bonds is 8. The molecule has 6 nitrogen and oxygen atoms in total. The second-order valence-corrected chi connectivity index (χ2v) is 4.70. The van der Waals surface area contributed by atoms with Crippen molar-refractivity contribution in [2.24, 2.45) is 5.73 Å². The van der Waals surface area contributed by atoms with Crippen molar-refractivity contribution in [2.75, 3.05) is 27.9 Å². The molecule has 0 aliphatic carbocycles. The number of hydrogen-bond donors (Lipinski definition) is 2. The fourth-order valence-electron chi connectivity index (χ4n) is 1.98. The Morgan fingerprint density at radius 1 is 1.24 bits per heavy atom. The summed E-state index contributed by atoms with van der Waals surface area (Å²) in [6, 6.07) is 5.41. The predicted molar refractivity (Wildman–Crippen MR) is 80.6 cm³/mol. The third kappa shape index (κ3) is 4.91. The van der Waals surface area contributed by atoms with Gasteiger partial charge >= 0.3 is 0 Å². The summed E-state index contributed by atoms with van der Waals surface area (Å²) in [6.45, 7) is 2.22. The van der Waals surface area contributed by atoms with E-state index in [1.807, 2.05) is 25.1 Å². The van der Waals surface area contributed by atoms with Crippen LogP contribution in [0.1, 0.15) is 24.9 Å². The van der Waals surface area contributed by atoms with Crippen LogP contribution in [0, 0.1) is 0 Å². The molecule has 2 unspecified atom stereocenters. The molecule has 2 atom stereocenters. The van der Waals surface area contributed by atoms with E-state index in [0.29, 0.717) is 18.0 Å². The van der Waals surface area contributed by atoms with Gasteiger partial charge in [-0.2, -0.15) is 0 Å². The molecule has 0 saturated carbocycles. The Bertz CT molecular complexity index is 461. The number of amides is 1. The summed E-state index contributed by atoms with van der Waals surface area (Å²) in [5.41, 5.74) is 6.44. The summed E-state index contributed by atoms with van der Waals surface area (Å²) < 4.78 is 15.5. The van der Waals surface area contributed by atoms with Crippen LogP contribution >= 0.6 is 0 Å². The van der Waals surface area contributed by atoms with Gasteiger partial charge in [-0.25, -0.2) is 0 Å². The Hall–Kier alpha value is -1.79. The predicted octanol–water partition coefficient (Wildman–Crippen LogP) is 1.24. The molecule has 0 aliphatic rings. The minimum atomic E-state index is -0.261. The number of ether oxygens (including phenoxy) is 3. The molecule has 1 aromatic carbocycles. The molecule has 0 aliphatic heterocycles. The summed E-state index contributed by atoms with van der Waals surface area (Å²) in [4.78, 5) is 11.9. The summed E-state index contributed by atoms with van der Waals surface area (Å²) in [5.74, 6) is 1.18. The fraction of sp³-hybridized carbons (Fsp3) is 0.533. The minimum Gasteiger partial charge on any atom is -0.493 e. The van der Waals surface area contributed by atoms with Gasteiger partial charge in [0.15, 0.2) is 11.5 Å². The molecule has 1 amide bonds. The lowest BCUT2D eigenvalue weighted by Gasteiger charge is -2.18. The third-order valence-corrected chi connectivity index (χ3v) is 3.29. The van der Waals surface area contributed by atoms with E-state index in [9.17, 15) is 4.79 Å². The van der Waals surface area contributed by atoms with Crippen molar-refractivity contribution >= 4 is 5.91 Å². The van der Waals surface area contributed by atoms with Gasteiger partial charge in [0.1, 0.15) is 0 Å². The first-order chi connectivity index (χ1) is 10.0. The smallest absolute Gasteiger partial charge is 0.223 e. The quantitative estimate of drug-likeness (QED) is 0.754. The van der Waals surface area contributed by atoms with Crippen LogP contribution in [0.4, 0.5) is 0 Å². The molecule has 0 spiro atoms. The van der Waals surface area contributed by atoms with Crippen LogP contribution in [-0.2, 0) is 9.53 Å². The molecule has 0 radical (unpaired) electrons. The Morgan fingerprint density at radius 3 is 2.43 bits per heavy atom. The number of nitrogens with one attached hydrogen (secondary N) is 1. The maximum absolute atomic E-state index is 11.9. The normalized spacial score (nSPS) is 13.4. The number of benzene rings is 1. The zero-order valence-corrected chi connectivity index (χ0v) is 13.0. The van der Waals surface area contributed by atoms with Crippen molar-refractivity contribution in [2.45, 2.75) is 25.5 Å². The molecule has 0 aromatic heterocycles. The molecule has 0 fully saturated rings. The molecule has 0 heterocycles. The Kier molecular flexibility index (Phi) is 6.98. The van der Waals surface area contributed by atoms with Crippen LogP contribution < -0.4 is 20.5 Å². The van der Waals surface area contributed by atoms with Crippen molar-refractivity contribution in [3.05, 3.63) is 23.8 Å². The van der Waals surface area contributed by atoms with E-state index < -0.39 is 0 Å². The van der Waals surface area contributed by atoms with E-state index >= 15 is 0 Å². The van der Waals surface area contributed by atoms with Crippen LogP contribution in [0.3, 0.4) is 0 Å². The second kappa shape index (κ2) is 8.49. The van der Waals surface area contributed by atoms with Gasteiger partial charge in [0.2, 0.25) is 5.91 Å². The first kappa shape index (κ1) is 17.3. The van der Waals surface area contributed by atoms with Gasteiger partial charge < -0.3 is 25.3 Å². The van der Waals surface area contributed by atoms with E-state index in [0.717, 1.165) is 5.56 Å². The molecular weight excluding hydrogens is 272 g/mol. The van der Waals surface area contributed by atoms with E-state index in [1.165, 1.54) is 0 Å². The largest absolute Gasteiger partial charge is 0.493 e. The zero-order valence-electron chi connectivity index (χ0n) is 13.0. The molecule has 118 valence electrons. The highest BCUT2D eigenvalue weighted by molar-refractivity contribution is 5.77. The maximum Gasteiger partial charge on any atom is 0.223 e. The summed E-state index contributed by atoms with van der Waals surface area (Å²) in [5, 5.41) is 2.91. The first-order valence-corrected chi connectivity index (χ1v) is 6.79. The molecule has 1 aromatic rings. The van der Waals surface area contributed by atoms with Crippen LogP contribution in [0.15, 0.2) is 18.2 Å². The van der Waals surface area contributed by atoms with Crippen LogP contribution in [0.5, 0.6) is 11.5 Å². The average molecular weight is 296 g/mol. The van der Waals surface area contributed by atoms with Crippen LogP contribution in [0.2, 0.25) is 0 Å². The van der Waals surface area contributed by atoms with Gasteiger partial charge in [-0.15, -0.1) is 0 Å². The van der Waals surface area contributed by atoms with E-state index in [2.05, 4.69) is 5.32 Å². The Labute approximate surface area is 125 Å². The lowest BCUT2D eigenvalue weighted by Crippen LogP contribution is -2.33. The van der Waals surface area contributed by atoms with Gasteiger partial charge in [-0.1, -0.05) is 6.07 Å². The highest BCUT2D eigenvalue weighted by Crippen LogP contribution is 2.29. The molecule has 6 heteroatoms. The average Bonchev–Trinajstić information content (AvgIpc) is 2.51.